The van der Waals surface area contributed by atoms with Crippen LogP contribution in [0.3, 0.4) is 0 Å². The monoisotopic (exact) mass is 377 g/mol. The number of rotatable bonds is 3. The van der Waals surface area contributed by atoms with Gasteiger partial charge >= 0.3 is 6.03 Å². The van der Waals surface area contributed by atoms with Crippen molar-refractivity contribution in [2.45, 2.75) is 31.8 Å². The zero-order valence-corrected chi connectivity index (χ0v) is 15.1. The van der Waals surface area contributed by atoms with Crippen LogP contribution in [0, 0.1) is 0 Å². The number of carbonyl (C=O) groups is 1. The third-order valence-electron chi connectivity index (χ3n) is 4.27. The number of sulfonamides is 1. The Hall–Kier alpha value is -0.830. The van der Waals surface area contributed by atoms with Gasteiger partial charge in [-0.3, -0.25) is 0 Å². The number of nitrogens with one attached hydrogen (secondary N) is 1. The van der Waals surface area contributed by atoms with Gasteiger partial charge in [0.2, 0.25) is 10.0 Å². The van der Waals surface area contributed by atoms with Crippen molar-refractivity contribution in [1.82, 2.24) is 14.5 Å². The molecule has 3 heterocycles. The molecule has 1 aromatic rings. The Morgan fingerprint density at radius 2 is 2.17 bits per heavy atom. The van der Waals surface area contributed by atoms with E-state index in [0.717, 1.165) is 17.7 Å². The number of carbonyl (C=O) groups excluding carboxylic acids is 1. The summed E-state index contributed by atoms with van der Waals surface area (Å²) in [7, 11) is -3.13. The Balaban J connectivity index is 1.56. The van der Waals surface area contributed by atoms with Crippen molar-refractivity contribution in [3.05, 3.63) is 21.3 Å². The maximum Gasteiger partial charge on any atom is 0.317 e. The van der Waals surface area contributed by atoms with E-state index < -0.39 is 10.0 Å². The largest absolute Gasteiger partial charge is 0.333 e. The summed E-state index contributed by atoms with van der Waals surface area (Å²) in [5.41, 5.74) is 0. The molecule has 128 valence electrons. The normalized spacial score (nSPS) is 24.7. The van der Waals surface area contributed by atoms with E-state index in [1.165, 1.54) is 11.3 Å². The van der Waals surface area contributed by atoms with Gasteiger partial charge < -0.3 is 10.2 Å². The van der Waals surface area contributed by atoms with Crippen LogP contribution in [0.15, 0.2) is 12.1 Å². The van der Waals surface area contributed by atoms with E-state index in [1.807, 2.05) is 12.1 Å². The molecule has 9 heteroatoms. The van der Waals surface area contributed by atoms with Gasteiger partial charge in [0.05, 0.1) is 16.6 Å². The lowest BCUT2D eigenvalue weighted by Crippen LogP contribution is -2.52. The zero-order valence-electron chi connectivity index (χ0n) is 12.7. The number of halogens is 1. The molecule has 2 saturated heterocycles. The van der Waals surface area contributed by atoms with Crippen molar-refractivity contribution < 1.29 is 13.2 Å². The molecule has 2 amide bonds. The molecule has 0 bridgehead atoms. The van der Waals surface area contributed by atoms with Crippen LogP contribution in [0.5, 0.6) is 0 Å². The number of hydrogen-bond donors (Lipinski definition) is 1. The van der Waals surface area contributed by atoms with E-state index in [2.05, 4.69) is 5.32 Å². The van der Waals surface area contributed by atoms with Gasteiger partial charge in [-0.2, -0.15) is 4.31 Å². The van der Waals surface area contributed by atoms with Crippen LogP contribution in [0.1, 0.15) is 24.1 Å². The van der Waals surface area contributed by atoms with Crippen LogP contribution >= 0.6 is 22.9 Å². The highest BCUT2D eigenvalue weighted by Gasteiger charge is 2.37. The van der Waals surface area contributed by atoms with E-state index in [-0.39, 0.29) is 17.8 Å². The standard InChI is InChI=1S/C14H20ClN3O3S2/c15-13-5-4-12(22-13)9-16-14(19)17-6-1-3-11(10-17)18-7-2-8-23(18,20)21/h4-5,11H,1-3,6-10H2,(H,16,19). The number of urea groups is 1. The maximum atomic E-state index is 12.3. The predicted octanol–water partition coefficient (Wildman–Crippen LogP) is 2.11. The zero-order chi connectivity index (χ0) is 16.4. The van der Waals surface area contributed by atoms with Gasteiger partial charge in [0.15, 0.2) is 0 Å². The highest BCUT2D eigenvalue weighted by Crippen LogP contribution is 2.24. The van der Waals surface area contributed by atoms with Crippen molar-refractivity contribution in [3.63, 3.8) is 0 Å². The first-order valence-corrected chi connectivity index (χ1v) is 10.5. The minimum absolute atomic E-state index is 0.0850. The summed E-state index contributed by atoms with van der Waals surface area (Å²) in [5, 5.41) is 2.88. The number of thiophene rings is 1. The minimum atomic E-state index is -3.13. The first-order valence-electron chi connectivity index (χ1n) is 7.72. The summed E-state index contributed by atoms with van der Waals surface area (Å²) in [4.78, 5) is 15.0. The summed E-state index contributed by atoms with van der Waals surface area (Å²) in [5.74, 6) is 0.231. The van der Waals surface area contributed by atoms with Crippen LogP contribution in [-0.2, 0) is 16.6 Å². The van der Waals surface area contributed by atoms with Gasteiger partial charge in [-0.1, -0.05) is 11.6 Å². The Bertz CT molecular complexity index is 677. The average Bonchev–Trinajstić information content (AvgIpc) is 3.10. The predicted molar refractivity (Wildman–Crippen MR) is 91.3 cm³/mol. The Kier molecular flexibility index (Phi) is 5.15. The number of piperidine rings is 1. The smallest absolute Gasteiger partial charge is 0.317 e. The van der Waals surface area contributed by atoms with Gasteiger partial charge in [-0.15, -0.1) is 11.3 Å². The molecule has 1 aromatic heterocycles. The van der Waals surface area contributed by atoms with Gasteiger partial charge in [-0.05, 0) is 31.4 Å². The molecule has 0 radical (unpaired) electrons. The van der Waals surface area contributed by atoms with Crippen molar-refractivity contribution in [2.24, 2.45) is 0 Å². The summed E-state index contributed by atoms with van der Waals surface area (Å²) in [6, 6.07) is 3.47. The molecule has 0 aliphatic carbocycles. The molecular weight excluding hydrogens is 358 g/mol. The van der Waals surface area contributed by atoms with Gasteiger partial charge in [0.25, 0.3) is 0 Å². The second-order valence-corrected chi connectivity index (χ2v) is 9.73. The molecule has 6 nitrogen and oxygen atoms in total. The molecular formula is C14H20ClN3O3S2. The SMILES string of the molecule is O=C(NCc1ccc(Cl)s1)N1CCCC(N2CCCS2(=O)=O)C1. The quantitative estimate of drug-likeness (QED) is 0.877. The van der Waals surface area contributed by atoms with Gasteiger partial charge in [0.1, 0.15) is 0 Å². The van der Waals surface area contributed by atoms with Crippen molar-refractivity contribution >= 4 is 39.0 Å². The van der Waals surface area contributed by atoms with Gasteiger partial charge in [-0.25, -0.2) is 13.2 Å². The number of hydrogen-bond acceptors (Lipinski definition) is 4. The van der Waals surface area contributed by atoms with Crippen molar-refractivity contribution in [3.8, 4) is 0 Å². The summed E-state index contributed by atoms with van der Waals surface area (Å²) in [6.07, 6.45) is 2.34. The third kappa shape index (κ3) is 3.99. The van der Waals surface area contributed by atoms with Crippen LogP contribution in [-0.4, -0.2) is 55.1 Å². The molecule has 1 unspecified atom stereocenters. The second-order valence-electron chi connectivity index (χ2n) is 5.89. The molecule has 23 heavy (non-hydrogen) atoms. The van der Waals surface area contributed by atoms with Crippen LogP contribution in [0.25, 0.3) is 0 Å². The Labute approximate surface area is 145 Å². The number of likely N-dealkylation sites (tertiary alicyclic amines) is 1. The van der Waals surface area contributed by atoms with E-state index >= 15 is 0 Å². The second kappa shape index (κ2) is 6.96. The molecule has 1 N–H and O–H groups in total. The molecule has 0 spiro atoms. The summed E-state index contributed by atoms with van der Waals surface area (Å²) < 4.78 is 26.4. The fraction of sp³-hybridized carbons (Fsp3) is 0.643. The average molecular weight is 378 g/mol. The van der Waals surface area contributed by atoms with E-state index in [9.17, 15) is 13.2 Å². The fourth-order valence-corrected chi connectivity index (χ4v) is 5.95. The Morgan fingerprint density at radius 3 is 2.83 bits per heavy atom. The molecule has 0 aromatic carbocycles. The molecule has 2 aliphatic rings. The minimum Gasteiger partial charge on any atom is -0.333 e. The highest BCUT2D eigenvalue weighted by atomic mass is 35.5. The van der Waals surface area contributed by atoms with Crippen LogP contribution < -0.4 is 5.32 Å². The topological polar surface area (TPSA) is 69.7 Å². The lowest BCUT2D eigenvalue weighted by atomic mass is 10.1. The summed E-state index contributed by atoms with van der Waals surface area (Å²) >= 11 is 7.32. The molecule has 3 rings (SSSR count). The first kappa shape index (κ1) is 17.0. The van der Waals surface area contributed by atoms with E-state index in [1.54, 1.807) is 9.21 Å². The summed E-state index contributed by atoms with van der Waals surface area (Å²) in [6.45, 7) is 2.16. The number of nitrogens with zero attached hydrogens (tertiary/aromatic N) is 2. The maximum absolute atomic E-state index is 12.3. The Morgan fingerprint density at radius 1 is 1.35 bits per heavy atom. The first-order chi connectivity index (χ1) is 11.0. The van der Waals surface area contributed by atoms with Crippen LogP contribution in [0.4, 0.5) is 4.79 Å². The number of amides is 2. The van der Waals surface area contributed by atoms with Crippen molar-refractivity contribution in [1.29, 1.82) is 0 Å². The molecule has 0 saturated carbocycles. The van der Waals surface area contributed by atoms with E-state index in [0.29, 0.717) is 36.9 Å². The molecule has 2 fully saturated rings. The fourth-order valence-electron chi connectivity index (χ4n) is 3.16. The van der Waals surface area contributed by atoms with Crippen molar-refractivity contribution in [2.75, 3.05) is 25.4 Å². The van der Waals surface area contributed by atoms with Crippen LogP contribution in [0.2, 0.25) is 4.34 Å². The lowest BCUT2D eigenvalue weighted by molar-refractivity contribution is 0.153. The highest BCUT2D eigenvalue weighted by molar-refractivity contribution is 7.89. The lowest BCUT2D eigenvalue weighted by Gasteiger charge is -2.36. The van der Waals surface area contributed by atoms with Gasteiger partial charge in [0, 0.05) is 30.6 Å². The third-order valence-corrected chi connectivity index (χ3v) is 7.50. The molecule has 2 aliphatic heterocycles. The molecule has 1 atom stereocenters. The van der Waals surface area contributed by atoms with E-state index in [4.69, 9.17) is 11.6 Å².